The molecule has 12 heteroatoms. The molecule has 5 heterocycles. The Bertz CT molecular complexity index is 1660. The molecule has 6 rings (SSSR count). The SMILES string of the molecule is CN1CCc2c(sc3c2c(=O)n(-c2cccc(Cl)c2)c2nnc(SCC(=O)NCc4ccco4)n32)C1. The summed E-state index contributed by atoms with van der Waals surface area (Å²) in [5, 5.41) is 13.4. The third-order valence-electron chi connectivity index (χ3n) is 6.10. The largest absolute Gasteiger partial charge is 0.467 e. The summed E-state index contributed by atoms with van der Waals surface area (Å²) in [4.78, 5) is 30.6. The van der Waals surface area contributed by atoms with Gasteiger partial charge in [-0.15, -0.1) is 21.5 Å². The van der Waals surface area contributed by atoms with Gasteiger partial charge in [-0.1, -0.05) is 29.4 Å². The summed E-state index contributed by atoms with van der Waals surface area (Å²) in [5.74, 6) is 1.06. The number of nitrogens with one attached hydrogen (secondary N) is 1. The monoisotopic (exact) mass is 540 g/mol. The van der Waals surface area contributed by atoms with Gasteiger partial charge in [-0.05, 0) is 49.4 Å². The molecule has 36 heavy (non-hydrogen) atoms. The summed E-state index contributed by atoms with van der Waals surface area (Å²) in [6.07, 6.45) is 2.36. The van der Waals surface area contributed by atoms with Crippen LogP contribution in [-0.4, -0.2) is 49.3 Å². The summed E-state index contributed by atoms with van der Waals surface area (Å²) in [6, 6.07) is 10.7. The molecule has 5 aromatic rings. The first kappa shape index (κ1) is 23.3. The second-order valence-corrected chi connectivity index (χ2v) is 11.0. The summed E-state index contributed by atoms with van der Waals surface area (Å²) >= 11 is 9.14. The molecule has 0 radical (unpaired) electrons. The fourth-order valence-corrected chi connectivity index (χ4v) is 6.83. The first-order chi connectivity index (χ1) is 17.5. The molecule has 1 aliphatic rings. The van der Waals surface area contributed by atoms with E-state index in [1.165, 1.54) is 16.6 Å². The normalized spacial score (nSPS) is 13.9. The van der Waals surface area contributed by atoms with Crippen LogP contribution in [-0.2, 0) is 24.3 Å². The van der Waals surface area contributed by atoms with Gasteiger partial charge in [0, 0.05) is 23.0 Å². The molecule has 1 N–H and O–H groups in total. The molecule has 0 spiro atoms. The highest BCUT2D eigenvalue weighted by Crippen LogP contribution is 2.35. The van der Waals surface area contributed by atoms with Crippen LogP contribution < -0.4 is 10.9 Å². The molecular weight excluding hydrogens is 520 g/mol. The Labute approximate surface area is 218 Å². The van der Waals surface area contributed by atoms with Crippen LogP contribution in [0.15, 0.2) is 57.0 Å². The Balaban J connectivity index is 1.45. The van der Waals surface area contributed by atoms with Crippen molar-refractivity contribution in [3.8, 4) is 5.69 Å². The lowest BCUT2D eigenvalue weighted by Gasteiger charge is -2.21. The molecule has 0 saturated carbocycles. The molecule has 0 aliphatic carbocycles. The van der Waals surface area contributed by atoms with Crippen molar-refractivity contribution in [3.63, 3.8) is 0 Å². The number of benzene rings is 1. The fraction of sp³-hybridized carbons (Fsp3) is 0.250. The van der Waals surface area contributed by atoms with Crippen molar-refractivity contribution < 1.29 is 9.21 Å². The number of thioether (sulfide) groups is 1. The van der Waals surface area contributed by atoms with Crippen LogP contribution in [0, 0.1) is 0 Å². The Morgan fingerprint density at radius 1 is 1.28 bits per heavy atom. The van der Waals surface area contributed by atoms with Gasteiger partial charge in [-0.25, -0.2) is 8.97 Å². The van der Waals surface area contributed by atoms with Crippen molar-refractivity contribution >= 4 is 56.6 Å². The zero-order chi connectivity index (χ0) is 24.8. The van der Waals surface area contributed by atoms with E-state index in [9.17, 15) is 9.59 Å². The van der Waals surface area contributed by atoms with Crippen molar-refractivity contribution in [1.82, 2.24) is 29.4 Å². The summed E-state index contributed by atoms with van der Waals surface area (Å²) in [5.41, 5.74) is 1.56. The molecule has 184 valence electrons. The zero-order valence-corrected chi connectivity index (χ0v) is 21.6. The zero-order valence-electron chi connectivity index (χ0n) is 19.2. The molecule has 1 aliphatic heterocycles. The maximum absolute atomic E-state index is 13.9. The van der Waals surface area contributed by atoms with Crippen LogP contribution in [0.3, 0.4) is 0 Å². The Morgan fingerprint density at radius 3 is 2.97 bits per heavy atom. The van der Waals surface area contributed by atoms with E-state index in [4.69, 9.17) is 16.0 Å². The van der Waals surface area contributed by atoms with E-state index in [1.807, 2.05) is 10.5 Å². The van der Waals surface area contributed by atoms with Crippen LogP contribution in [0.2, 0.25) is 5.02 Å². The van der Waals surface area contributed by atoms with Gasteiger partial charge in [0.25, 0.3) is 5.56 Å². The third kappa shape index (κ3) is 4.11. The van der Waals surface area contributed by atoms with E-state index in [2.05, 4.69) is 27.5 Å². The van der Waals surface area contributed by atoms with Gasteiger partial charge < -0.3 is 14.6 Å². The second-order valence-electron chi connectivity index (χ2n) is 8.55. The van der Waals surface area contributed by atoms with Gasteiger partial charge in [-0.2, -0.15) is 0 Å². The Kier molecular flexibility index (Phi) is 6.08. The van der Waals surface area contributed by atoms with Crippen LogP contribution in [0.4, 0.5) is 0 Å². The van der Waals surface area contributed by atoms with E-state index < -0.39 is 0 Å². The van der Waals surface area contributed by atoms with Crippen molar-refractivity contribution in [2.75, 3.05) is 19.3 Å². The molecule has 1 aromatic carbocycles. The quantitative estimate of drug-likeness (QED) is 0.328. The number of halogens is 1. The number of furan rings is 1. The lowest BCUT2D eigenvalue weighted by atomic mass is 10.1. The highest BCUT2D eigenvalue weighted by molar-refractivity contribution is 7.99. The summed E-state index contributed by atoms with van der Waals surface area (Å²) in [7, 11) is 2.08. The molecular formula is C24H21ClN6O3S2. The number of amides is 1. The van der Waals surface area contributed by atoms with E-state index in [0.717, 1.165) is 29.9 Å². The number of hydrogen-bond donors (Lipinski definition) is 1. The van der Waals surface area contributed by atoms with E-state index in [1.54, 1.807) is 52.5 Å². The first-order valence-corrected chi connectivity index (χ1v) is 13.5. The number of hydrogen-bond acceptors (Lipinski definition) is 8. The second kappa shape index (κ2) is 9.40. The van der Waals surface area contributed by atoms with Gasteiger partial charge in [0.05, 0.1) is 29.6 Å². The first-order valence-electron chi connectivity index (χ1n) is 11.3. The number of aromatic nitrogens is 4. The van der Waals surface area contributed by atoms with Crippen LogP contribution in [0.25, 0.3) is 21.7 Å². The maximum atomic E-state index is 13.9. The number of rotatable bonds is 6. The average molecular weight is 541 g/mol. The number of thiophene rings is 1. The van der Waals surface area contributed by atoms with E-state index in [-0.39, 0.29) is 17.2 Å². The number of nitrogens with zero attached hydrogens (tertiary/aromatic N) is 5. The molecule has 0 atom stereocenters. The highest BCUT2D eigenvalue weighted by atomic mass is 35.5. The third-order valence-corrected chi connectivity index (χ3v) is 8.47. The molecule has 0 unspecified atom stereocenters. The summed E-state index contributed by atoms with van der Waals surface area (Å²) < 4.78 is 8.73. The lowest BCUT2D eigenvalue weighted by Crippen LogP contribution is -2.27. The van der Waals surface area contributed by atoms with Gasteiger partial charge in [0.1, 0.15) is 10.6 Å². The van der Waals surface area contributed by atoms with Gasteiger partial charge in [0.15, 0.2) is 5.16 Å². The standard InChI is InChI=1S/C24H21ClN6O3S2/c1-29-8-7-17-18(12-29)36-22-20(17)21(33)30(15-5-2-4-14(25)10-15)23-27-28-24(31(22)23)35-13-19(32)26-11-16-6-3-9-34-16/h2-6,9-10H,7-8,11-13H2,1H3,(H,26,32). The summed E-state index contributed by atoms with van der Waals surface area (Å²) in [6.45, 7) is 1.98. The molecule has 9 nitrogen and oxygen atoms in total. The average Bonchev–Trinajstić information content (AvgIpc) is 3.60. The highest BCUT2D eigenvalue weighted by Gasteiger charge is 2.27. The fourth-order valence-electron chi connectivity index (χ4n) is 4.40. The lowest BCUT2D eigenvalue weighted by molar-refractivity contribution is -0.118. The number of fused-ring (bicyclic) bond motifs is 5. The van der Waals surface area contributed by atoms with Crippen molar-refractivity contribution in [3.05, 3.63) is 74.2 Å². The van der Waals surface area contributed by atoms with E-state index >= 15 is 0 Å². The van der Waals surface area contributed by atoms with Gasteiger partial charge >= 0.3 is 0 Å². The number of likely N-dealkylation sites (N-methyl/N-ethyl adjacent to an activating group) is 1. The molecule has 1 amide bonds. The number of carbonyl (C=O) groups excluding carboxylic acids is 1. The minimum Gasteiger partial charge on any atom is -0.467 e. The van der Waals surface area contributed by atoms with Crippen LogP contribution in [0.5, 0.6) is 0 Å². The predicted octanol–water partition coefficient (Wildman–Crippen LogP) is 3.74. The van der Waals surface area contributed by atoms with Crippen molar-refractivity contribution in [1.29, 1.82) is 0 Å². The van der Waals surface area contributed by atoms with Crippen LogP contribution >= 0.6 is 34.7 Å². The number of carbonyl (C=O) groups is 1. The maximum Gasteiger partial charge on any atom is 0.268 e. The van der Waals surface area contributed by atoms with Crippen LogP contribution in [0.1, 0.15) is 16.2 Å². The van der Waals surface area contributed by atoms with Crippen molar-refractivity contribution in [2.24, 2.45) is 0 Å². The molecule has 0 fully saturated rings. The molecule has 0 saturated heterocycles. The smallest absolute Gasteiger partial charge is 0.268 e. The Morgan fingerprint density at radius 2 is 2.17 bits per heavy atom. The van der Waals surface area contributed by atoms with Gasteiger partial charge in [0.2, 0.25) is 11.7 Å². The van der Waals surface area contributed by atoms with E-state index in [0.29, 0.717) is 39.3 Å². The van der Waals surface area contributed by atoms with Crippen molar-refractivity contribution in [2.45, 2.75) is 24.7 Å². The molecule has 4 aromatic heterocycles. The minimum atomic E-state index is -0.153. The topological polar surface area (TPSA) is 97.7 Å². The Hall–Kier alpha value is -3.12. The molecule has 0 bridgehead atoms. The van der Waals surface area contributed by atoms with Gasteiger partial charge in [-0.3, -0.25) is 9.59 Å². The minimum absolute atomic E-state index is 0.137. The predicted molar refractivity (Wildman–Crippen MR) is 140 cm³/mol.